The molecule has 7 nitrogen and oxygen atoms in total. The molecule has 16 heteroatoms. The Hall–Kier alpha value is -2.49. The fourth-order valence-electron chi connectivity index (χ4n) is 8.45. The van der Waals surface area contributed by atoms with Crippen LogP contribution >= 0.6 is 0 Å². The first-order chi connectivity index (χ1) is 22.4. The van der Waals surface area contributed by atoms with Gasteiger partial charge in [-0.2, -0.15) is 35.1 Å². The minimum absolute atomic E-state index is 0.0480. The van der Waals surface area contributed by atoms with Gasteiger partial charge in [-0.05, 0) is 98.3 Å². The van der Waals surface area contributed by atoms with Gasteiger partial charge in [0.15, 0.2) is 6.10 Å². The highest BCUT2D eigenvalue weighted by atomic mass is 32.2. The van der Waals surface area contributed by atoms with Crippen molar-refractivity contribution in [3.05, 3.63) is 29.3 Å². The lowest BCUT2D eigenvalue weighted by Gasteiger charge is -2.52. The largest absolute Gasteiger partial charge is 0.453 e. The number of carbonyl (C=O) groups excluding carboxylic acids is 1. The lowest BCUT2D eigenvalue weighted by molar-refractivity contribution is -0.284. The summed E-state index contributed by atoms with van der Waals surface area (Å²) < 4.78 is 126. The Labute approximate surface area is 275 Å². The SMILES string of the molecule is C[C@]12CC[C@@H]3c4ccc(OC(=O)N5CCOC(C(F)(F)F)C5)cc4C[C@@H](CCCS(=O)CCCC(F)(F)C(F)(F)F)[C@H]3[C@@H]1CC/C2=N/O. The van der Waals surface area contributed by atoms with Crippen LogP contribution in [0.3, 0.4) is 0 Å². The number of hydrogen-bond donors (Lipinski definition) is 1. The molecule has 0 bridgehead atoms. The molecule has 7 atom stereocenters. The summed E-state index contributed by atoms with van der Waals surface area (Å²) in [6.45, 7) is 1.12. The van der Waals surface area contributed by atoms with E-state index in [1.807, 2.05) is 6.07 Å². The molecule has 1 aliphatic heterocycles. The van der Waals surface area contributed by atoms with E-state index in [1.165, 1.54) is 0 Å². The van der Waals surface area contributed by atoms with Crippen molar-refractivity contribution in [2.24, 2.45) is 28.3 Å². The van der Waals surface area contributed by atoms with E-state index in [-0.39, 0.29) is 59.5 Å². The Morgan fingerprint density at radius 1 is 1.12 bits per heavy atom. The van der Waals surface area contributed by atoms with E-state index in [0.717, 1.165) is 41.0 Å². The molecule has 5 rings (SSSR count). The summed E-state index contributed by atoms with van der Waals surface area (Å²) in [5.41, 5.74) is 2.49. The number of ether oxygens (including phenoxy) is 2. The number of oxime groups is 1. The molecule has 1 aromatic rings. The minimum atomic E-state index is -5.64. The van der Waals surface area contributed by atoms with Gasteiger partial charge in [-0.25, -0.2) is 4.79 Å². The van der Waals surface area contributed by atoms with Gasteiger partial charge in [0.1, 0.15) is 5.75 Å². The summed E-state index contributed by atoms with van der Waals surface area (Å²) in [6.07, 6.45) is -10.5. The number of benzene rings is 1. The number of morpholine rings is 1. The molecule has 1 aromatic carbocycles. The lowest BCUT2D eigenvalue weighted by atomic mass is 9.52. The molecule has 3 fully saturated rings. The van der Waals surface area contributed by atoms with Gasteiger partial charge in [0.2, 0.25) is 0 Å². The average Bonchev–Trinajstić information content (AvgIpc) is 3.36. The molecule has 48 heavy (non-hydrogen) atoms. The van der Waals surface area contributed by atoms with Gasteiger partial charge in [-0.1, -0.05) is 18.1 Å². The molecule has 2 saturated carbocycles. The summed E-state index contributed by atoms with van der Waals surface area (Å²) in [5, 5.41) is 13.4. The van der Waals surface area contributed by atoms with E-state index in [9.17, 15) is 49.3 Å². The summed E-state index contributed by atoms with van der Waals surface area (Å²) >= 11 is 0. The third-order valence-corrected chi connectivity index (χ3v) is 12.3. The van der Waals surface area contributed by atoms with Gasteiger partial charge in [-0.15, -0.1) is 0 Å². The van der Waals surface area contributed by atoms with Crippen LogP contribution in [0.2, 0.25) is 0 Å². The smallest absolute Gasteiger partial charge is 0.411 e. The van der Waals surface area contributed by atoms with E-state index in [4.69, 9.17) is 9.47 Å². The zero-order valence-corrected chi connectivity index (χ0v) is 27.2. The fraction of sp³-hybridized carbons (Fsp3) is 0.750. The molecule has 3 aliphatic carbocycles. The van der Waals surface area contributed by atoms with Crippen molar-refractivity contribution in [1.82, 2.24) is 4.90 Å². The second kappa shape index (κ2) is 14.0. The van der Waals surface area contributed by atoms with E-state index >= 15 is 0 Å². The van der Waals surface area contributed by atoms with Crippen LogP contribution in [-0.4, -0.2) is 81.7 Å². The van der Waals surface area contributed by atoms with Crippen LogP contribution in [0.5, 0.6) is 5.75 Å². The molecular weight excluding hydrogens is 676 g/mol. The number of hydrogen-bond acceptors (Lipinski definition) is 6. The molecule has 0 radical (unpaired) electrons. The van der Waals surface area contributed by atoms with Crippen molar-refractivity contribution in [1.29, 1.82) is 0 Å². The summed E-state index contributed by atoms with van der Waals surface area (Å²) in [4.78, 5) is 13.8. The van der Waals surface area contributed by atoms with Gasteiger partial charge in [0, 0.05) is 40.7 Å². The van der Waals surface area contributed by atoms with Crippen LogP contribution in [-0.2, 0) is 22.0 Å². The normalized spacial score (nSPS) is 30.8. The second-order valence-corrected chi connectivity index (χ2v) is 15.4. The molecule has 1 N–H and O–H groups in total. The van der Waals surface area contributed by atoms with Crippen LogP contribution in [0.25, 0.3) is 0 Å². The minimum Gasteiger partial charge on any atom is -0.411 e. The van der Waals surface area contributed by atoms with Crippen molar-refractivity contribution in [2.45, 2.75) is 95.0 Å². The Kier molecular flexibility index (Phi) is 10.7. The number of nitrogens with zero attached hydrogens (tertiary/aromatic N) is 2. The first-order valence-corrected chi connectivity index (χ1v) is 17.7. The van der Waals surface area contributed by atoms with Gasteiger partial charge >= 0.3 is 24.4 Å². The van der Waals surface area contributed by atoms with E-state index in [2.05, 4.69) is 12.1 Å². The number of fused-ring (bicyclic) bond motifs is 5. The van der Waals surface area contributed by atoms with Crippen LogP contribution in [0.15, 0.2) is 23.4 Å². The van der Waals surface area contributed by atoms with Crippen molar-refractivity contribution >= 4 is 22.6 Å². The summed E-state index contributed by atoms with van der Waals surface area (Å²) in [5.74, 6) is -4.17. The standard InChI is InChI=1S/C32H40F8N2O5S/c1-29-11-9-23-22-6-5-21(47-28(43)42-12-13-46-26(18-42)31(35,36)37)17-20(22)16-19(27(23)24(29)7-8-25(29)41-44)4-2-14-48(45)15-3-10-30(33,34)32(38,39)40/h5-6,17,19,23-24,26-27,44H,2-4,7-16,18H2,1H3/b41-25-/t19-,23-,24+,26?,27-,29+,48?/m1/s1. The number of alkyl halides is 8. The molecule has 0 aromatic heterocycles. The Balaban J connectivity index is 1.28. The molecule has 4 aliphatic rings. The monoisotopic (exact) mass is 716 g/mol. The Morgan fingerprint density at radius 3 is 2.54 bits per heavy atom. The maximum absolute atomic E-state index is 13.3. The predicted octanol–water partition coefficient (Wildman–Crippen LogP) is 7.87. The zero-order valence-electron chi connectivity index (χ0n) is 26.4. The lowest BCUT2D eigenvalue weighted by Crippen LogP contribution is -2.51. The third kappa shape index (κ3) is 7.63. The number of carbonyl (C=O) groups is 1. The predicted molar refractivity (Wildman–Crippen MR) is 160 cm³/mol. The summed E-state index contributed by atoms with van der Waals surface area (Å²) in [6, 6.07) is 5.28. The van der Waals surface area contributed by atoms with Crippen LogP contribution in [0.4, 0.5) is 39.9 Å². The number of rotatable bonds is 9. The highest BCUT2D eigenvalue weighted by Gasteiger charge is 2.57. The van der Waals surface area contributed by atoms with Gasteiger partial charge < -0.3 is 19.6 Å². The molecule has 1 heterocycles. The van der Waals surface area contributed by atoms with Crippen LogP contribution in [0, 0.1) is 23.2 Å². The number of amides is 1. The molecule has 0 spiro atoms. The van der Waals surface area contributed by atoms with E-state index in [0.29, 0.717) is 25.7 Å². The maximum atomic E-state index is 13.3. The molecule has 1 saturated heterocycles. The quantitative estimate of drug-likeness (QED) is 0.160. The molecular formula is C32H40F8N2O5S. The van der Waals surface area contributed by atoms with Crippen molar-refractivity contribution < 1.29 is 58.8 Å². The highest BCUT2D eigenvalue weighted by molar-refractivity contribution is 7.84. The van der Waals surface area contributed by atoms with Crippen LogP contribution in [0.1, 0.15) is 75.3 Å². The first-order valence-electron chi connectivity index (χ1n) is 16.2. The van der Waals surface area contributed by atoms with E-state index < -0.39 is 60.7 Å². The average molecular weight is 717 g/mol. The third-order valence-electron chi connectivity index (χ3n) is 10.9. The summed E-state index contributed by atoms with van der Waals surface area (Å²) in [7, 11) is -1.58. The fourth-order valence-corrected chi connectivity index (χ4v) is 9.61. The topological polar surface area (TPSA) is 88.4 Å². The molecule has 270 valence electrons. The highest BCUT2D eigenvalue weighted by Crippen LogP contribution is 2.62. The van der Waals surface area contributed by atoms with Gasteiger partial charge in [-0.3, -0.25) is 4.21 Å². The maximum Gasteiger partial charge on any atom is 0.453 e. The van der Waals surface area contributed by atoms with Crippen molar-refractivity contribution in [2.75, 3.05) is 31.2 Å². The van der Waals surface area contributed by atoms with Gasteiger partial charge in [0.25, 0.3) is 0 Å². The first kappa shape index (κ1) is 36.8. The van der Waals surface area contributed by atoms with Crippen LogP contribution < -0.4 is 4.74 Å². The van der Waals surface area contributed by atoms with Gasteiger partial charge in [0.05, 0.1) is 18.9 Å². The zero-order chi connectivity index (χ0) is 35.1. The van der Waals surface area contributed by atoms with Crippen molar-refractivity contribution in [3.63, 3.8) is 0 Å². The second-order valence-electron chi connectivity index (χ2n) is 13.7. The number of halogens is 8. The van der Waals surface area contributed by atoms with Crippen molar-refractivity contribution in [3.8, 4) is 5.75 Å². The Bertz CT molecular complexity index is 1390. The Morgan fingerprint density at radius 2 is 1.85 bits per heavy atom. The van der Waals surface area contributed by atoms with E-state index in [1.54, 1.807) is 12.1 Å². The molecule has 1 amide bonds. The molecule has 2 unspecified atom stereocenters.